The van der Waals surface area contributed by atoms with Crippen molar-refractivity contribution in [2.45, 2.75) is 26.6 Å². The number of imidazole rings is 1. The van der Waals surface area contributed by atoms with Gasteiger partial charge in [0.15, 0.2) is 0 Å². The van der Waals surface area contributed by atoms with E-state index in [2.05, 4.69) is 20.6 Å². The maximum atomic E-state index is 12.8. The molecule has 0 aliphatic rings. The second-order valence-corrected chi connectivity index (χ2v) is 12.9. The average molecular weight is 743 g/mol. The molecule has 12 heteroatoms. The zero-order chi connectivity index (χ0) is 36.7. The highest BCUT2D eigenvalue weighted by Crippen LogP contribution is 2.34. The van der Waals surface area contributed by atoms with Crippen molar-refractivity contribution >= 4 is 52.0 Å². The number of rotatable bonds is 12. The molecule has 2 N–H and O–H groups in total. The predicted molar refractivity (Wildman–Crippen MR) is 206 cm³/mol. The Kier molecular flexibility index (Phi) is 10.6. The van der Waals surface area contributed by atoms with Gasteiger partial charge in [-0.3, -0.25) is 14.6 Å². The molecular weight excluding hydrogens is 709 g/mol. The van der Waals surface area contributed by atoms with E-state index in [4.69, 9.17) is 32.9 Å². The molecule has 0 aliphatic heterocycles. The van der Waals surface area contributed by atoms with E-state index in [0.717, 1.165) is 33.7 Å². The van der Waals surface area contributed by atoms with Gasteiger partial charge in [0.1, 0.15) is 17.9 Å². The molecule has 0 radical (unpaired) electrons. The number of hydrogen-bond donors (Lipinski definition) is 2. The number of carbonyl (C=O) groups excluding carboxylic acids is 2. The molecule has 0 unspecified atom stereocenters. The summed E-state index contributed by atoms with van der Waals surface area (Å²) in [5.74, 6) is 0.118. The van der Waals surface area contributed by atoms with Crippen LogP contribution in [0.5, 0.6) is 5.75 Å². The summed E-state index contributed by atoms with van der Waals surface area (Å²) >= 11 is 13.7. The van der Waals surface area contributed by atoms with Crippen LogP contribution in [-0.4, -0.2) is 35.9 Å². The lowest BCUT2D eigenvalue weighted by Gasteiger charge is -2.17. The number of benzene rings is 3. The van der Waals surface area contributed by atoms with Gasteiger partial charge in [-0.1, -0.05) is 53.5 Å². The Balaban J connectivity index is 0.996. The zero-order valence-electron chi connectivity index (χ0n) is 28.5. The van der Waals surface area contributed by atoms with Gasteiger partial charge in [-0.2, -0.15) is 0 Å². The average Bonchev–Trinajstić information content (AvgIpc) is 3.89. The number of carbonyl (C=O) groups is 2. The molecule has 0 saturated heterocycles. The summed E-state index contributed by atoms with van der Waals surface area (Å²) in [6.07, 6.45) is 12.1. The molecule has 0 fully saturated rings. The summed E-state index contributed by atoms with van der Waals surface area (Å²) in [5, 5.41) is 7.60. The number of para-hydroxylation sites is 1. The molecule has 7 aromatic rings. The molecule has 0 saturated carbocycles. The number of nitrogens with one attached hydrogen (secondary N) is 2. The van der Waals surface area contributed by atoms with Gasteiger partial charge in [0.25, 0.3) is 5.91 Å². The van der Waals surface area contributed by atoms with Gasteiger partial charge in [-0.05, 0) is 79.2 Å². The van der Waals surface area contributed by atoms with Crippen LogP contribution in [0.3, 0.4) is 0 Å². The number of amides is 2. The topological polar surface area (TPSA) is 116 Å². The molecule has 0 aliphatic carbocycles. The smallest absolute Gasteiger partial charge is 0.251 e. The molecule has 3 aromatic carbocycles. The minimum atomic E-state index is -0.277. The van der Waals surface area contributed by atoms with Crippen molar-refractivity contribution < 1.29 is 14.3 Å². The molecule has 7 rings (SSSR count). The molecule has 0 spiro atoms. The highest BCUT2D eigenvalue weighted by Gasteiger charge is 2.17. The Morgan fingerprint density at radius 3 is 2.53 bits per heavy atom. The van der Waals surface area contributed by atoms with E-state index < -0.39 is 0 Å². The van der Waals surface area contributed by atoms with Gasteiger partial charge < -0.3 is 24.5 Å². The van der Waals surface area contributed by atoms with Crippen LogP contribution in [0.2, 0.25) is 10.0 Å². The van der Waals surface area contributed by atoms with Crippen molar-refractivity contribution in [1.82, 2.24) is 34.7 Å². The lowest BCUT2D eigenvalue weighted by molar-refractivity contribution is -0.116. The molecule has 0 bridgehead atoms. The van der Waals surface area contributed by atoms with E-state index in [1.54, 1.807) is 55.1 Å². The van der Waals surface area contributed by atoms with Gasteiger partial charge in [0.05, 0.1) is 41.5 Å². The zero-order valence-corrected chi connectivity index (χ0v) is 30.1. The van der Waals surface area contributed by atoms with Crippen LogP contribution in [0.25, 0.3) is 28.4 Å². The fraction of sp³-hybridized carbons (Fsp3) is 0.0976. The molecule has 4 heterocycles. The predicted octanol–water partition coefficient (Wildman–Crippen LogP) is 8.06. The van der Waals surface area contributed by atoms with Gasteiger partial charge in [0.2, 0.25) is 5.91 Å². The first-order valence-corrected chi connectivity index (χ1v) is 17.5. The summed E-state index contributed by atoms with van der Waals surface area (Å²) in [6.45, 7) is 2.63. The van der Waals surface area contributed by atoms with Crippen LogP contribution >= 0.6 is 23.2 Å². The summed E-state index contributed by atoms with van der Waals surface area (Å²) in [6, 6.07) is 27.8. The number of fused-ring (bicyclic) bond motifs is 1. The van der Waals surface area contributed by atoms with Gasteiger partial charge in [0, 0.05) is 63.8 Å². The molecule has 264 valence electrons. The third-order valence-corrected chi connectivity index (χ3v) is 9.30. The first-order chi connectivity index (χ1) is 25.8. The maximum Gasteiger partial charge on any atom is 0.251 e. The third-order valence-electron chi connectivity index (χ3n) is 8.52. The monoisotopic (exact) mass is 741 g/mol. The molecule has 2 amide bonds. The summed E-state index contributed by atoms with van der Waals surface area (Å²) < 4.78 is 10.2. The quantitative estimate of drug-likeness (QED) is 0.123. The molecule has 4 aromatic heterocycles. The van der Waals surface area contributed by atoms with E-state index in [1.165, 1.54) is 6.08 Å². The Morgan fingerprint density at radius 1 is 0.868 bits per heavy atom. The second kappa shape index (κ2) is 16.0. The Labute approximate surface area is 315 Å². The van der Waals surface area contributed by atoms with Crippen molar-refractivity contribution in [1.29, 1.82) is 0 Å². The van der Waals surface area contributed by atoms with Gasteiger partial charge in [-0.15, -0.1) is 0 Å². The van der Waals surface area contributed by atoms with Crippen LogP contribution in [0.4, 0.5) is 0 Å². The Morgan fingerprint density at radius 2 is 1.74 bits per heavy atom. The fourth-order valence-corrected chi connectivity index (χ4v) is 6.41. The molecule has 53 heavy (non-hydrogen) atoms. The van der Waals surface area contributed by atoms with Crippen molar-refractivity contribution in [2.24, 2.45) is 0 Å². The van der Waals surface area contributed by atoms with Crippen molar-refractivity contribution in [3.05, 3.63) is 172 Å². The second-order valence-electron chi connectivity index (χ2n) is 12.1. The number of nitrogens with zero attached hydrogens (tertiary/aromatic N) is 5. The normalized spacial score (nSPS) is 11.2. The van der Waals surface area contributed by atoms with E-state index >= 15 is 0 Å². The number of hydrogen-bond acceptors (Lipinski definition) is 6. The molecule has 0 atom stereocenters. The molecule has 10 nitrogen and oxygen atoms in total. The van der Waals surface area contributed by atoms with Crippen LogP contribution in [-0.2, 0) is 24.5 Å². The number of aryl methyl sites for hydroxylation is 1. The van der Waals surface area contributed by atoms with E-state index in [-0.39, 0.29) is 25.0 Å². The molecular formula is C41H33Cl2N7O3. The highest BCUT2D eigenvalue weighted by molar-refractivity contribution is 6.37. The van der Waals surface area contributed by atoms with E-state index in [9.17, 15) is 9.59 Å². The first kappa shape index (κ1) is 35.2. The number of ether oxygens (including phenoxy) is 1. The van der Waals surface area contributed by atoms with Crippen LogP contribution < -0.4 is 15.4 Å². The minimum absolute atomic E-state index is 0.107. The van der Waals surface area contributed by atoms with Crippen molar-refractivity contribution in [3.63, 3.8) is 0 Å². The van der Waals surface area contributed by atoms with Gasteiger partial charge >= 0.3 is 0 Å². The van der Waals surface area contributed by atoms with Crippen molar-refractivity contribution in [2.75, 3.05) is 0 Å². The van der Waals surface area contributed by atoms with Crippen molar-refractivity contribution in [3.8, 4) is 17.1 Å². The van der Waals surface area contributed by atoms with Crippen LogP contribution in [0, 0.1) is 6.92 Å². The number of aromatic nitrogens is 5. The SMILES string of the molecule is Cc1cc(-n2ccnc2)c2cccc(OCc3c(Cl)ccc(-n4cccc4CNC(=O)/C=C/c4ccc(C(=O)NCc5ccccn5)cc4)c3Cl)c2n1. The lowest BCUT2D eigenvalue weighted by atomic mass is 10.1. The van der Waals surface area contributed by atoms with E-state index in [1.807, 2.05) is 89.1 Å². The van der Waals surface area contributed by atoms with Crippen LogP contribution in [0.1, 0.15) is 38.6 Å². The number of pyridine rings is 2. The fourth-order valence-electron chi connectivity index (χ4n) is 5.84. The number of halogens is 2. The van der Waals surface area contributed by atoms with Gasteiger partial charge in [-0.25, -0.2) is 9.97 Å². The largest absolute Gasteiger partial charge is 0.487 e. The Bertz CT molecular complexity index is 2430. The highest BCUT2D eigenvalue weighted by atomic mass is 35.5. The third kappa shape index (κ3) is 8.14. The summed E-state index contributed by atoms with van der Waals surface area (Å²) in [5.41, 5.74) is 6.69. The Hall–Kier alpha value is -6.23. The summed E-state index contributed by atoms with van der Waals surface area (Å²) in [7, 11) is 0. The minimum Gasteiger partial charge on any atom is -0.487 e. The van der Waals surface area contributed by atoms with E-state index in [0.29, 0.717) is 44.7 Å². The standard InChI is InChI=1S/C41H33Cl2N7O3/c1-27-22-36(49-21-19-44-26-49)32-8-4-9-37(40(32)48-27)53-25-33-34(42)15-16-35(39(33)43)50-20-5-7-31(50)24-46-38(51)17-12-28-10-13-29(14-11-28)41(52)47-23-30-6-2-3-18-45-30/h2-22,26H,23-25H2,1H3,(H,46,51)(H,47,52)/b17-12+. The maximum absolute atomic E-state index is 12.8. The summed E-state index contributed by atoms with van der Waals surface area (Å²) in [4.78, 5) is 38.5. The first-order valence-electron chi connectivity index (χ1n) is 16.7. The van der Waals surface area contributed by atoms with Crippen LogP contribution in [0.15, 0.2) is 128 Å². The lowest BCUT2D eigenvalue weighted by Crippen LogP contribution is -2.23.